The molecule has 102 valence electrons. The number of nitrogens with zero attached hydrogens (tertiary/aromatic N) is 1. The minimum Gasteiger partial charge on any atom is -0.207 e. The van der Waals surface area contributed by atoms with Gasteiger partial charge < -0.3 is 0 Å². The van der Waals surface area contributed by atoms with Crippen LogP contribution in [0.1, 0.15) is 32.8 Å². The van der Waals surface area contributed by atoms with E-state index in [-0.39, 0.29) is 6.04 Å². The van der Waals surface area contributed by atoms with Gasteiger partial charge in [-0.1, -0.05) is 28.9 Å². The summed E-state index contributed by atoms with van der Waals surface area (Å²) in [7, 11) is -3.41. The second-order valence-electron chi connectivity index (χ2n) is 4.62. The van der Waals surface area contributed by atoms with Gasteiger partial charge in [0.15, 0.2) is 0 Å². The maximum absolute atomic E-state index is 12.6. The van der Waals surface area contributed by atoms with Gasteiger partial charge in [-0.15, -0.1) is 0 Å². The van der Waals surface area contributed by atoms with Gasteiger partial charge in [-0.05, 0) is 44.9 Å². The Labute approximate surface area is 118 Å². The molecule has 5 heteroatoms. The van der Waals surface area contributed by atoms with E-state index in [1.807, 2.05) is 39.8 Å². The third-order valence-corrected chi connectivity index (χ3v) is 5.47. The zero-order valence-corrected chi connectivity index (χ0v) is 13.7. The molecule has 0 amide bonds. The summed E-state index contributed by atoms with van der Waals surface area (Å²) in [4.78, 5) is 0.388. The molecule has 0 fully saturated rings. The number of hydrogen-bond donors (Lipinski definition) is 0. The highest BCUT2D eigenvalue weighted by Gasteiger charge is 2.27. The molecule has 0 bridgehead atoms. The molecule has 1 aromatic rings. The van der Waals surface area contributed by atoms with E-state index in [0.29, 0.717) is 11.4 Å². The molecule has 0 heterocycles. The van der Waals surface area contributed by atoms with Crippen molar-refractivity contribution in [1.29, 1.82) is 0 Å². The molecule has 1 rings (SSSR count). The minimum atomic E-state index is -3.41. The van der Waals surface area contributed by atoms with E-state index in [0.717, 1.165) is 16.5 Å². The molecule has 0 spiro atoms. The van der Waals surface area contributed by atoms with Crippen LogP contribution in [0.15, 0.2) is 27.6 Å². The number of benzene rings is 1. The first kappa shape index (κ1) is 15.7. The first-order chi connectivity index (χ1) is 8.30. The molecule has 18 heavy (non-hydrogen) atoms. The Morgan fingerprint density at radius 1 is 1.33 bits per heavy atom. The van der Waals surface area contributed by atoms with Crippen molar-refractivity contribution in [2.45, 2.75) is 45.1 Å². The Balaban J connectivity index is 3.30. The Bertz CT molecular complexity index is 512. The SMILES string of the molecule is CCCN(C(C)C)S(=O)(=O)c1cc(Br)ccc1C. The highest BCUT2D eigenvalue weighted by Crippen LogP contribution is 2.25. The van der Waals surface area contributed by atoms with Crippen molar-refractivity contribution in [3.63, 3.8) is 0 Å². The third-order valence-electron chi connectivity index (χ3n) is 2.76. The molecule has 0 aliphatic heterocycles. The monoisotopic (exact) mass is 333 g/mol. The van der Waals surface area contributed by atoms with Crippen molar-refractivity contribution in [2.75, 3.05) is 6.54 Å². The molecule has 0 saturated heterocycles. The zero-order valence-electron chi connectivity index (χ0n) is 11.3. The number of hydrogen-bond acceptors (Lipinski definition) is 2. The number of rotatable bonds is 5. The summed E-state index contributed by atoms with van der Waals surface area (Å²) in [5, 5.41) is 0. The lowest BCUT2D eigenvalue weighted by Gasteiger charge is -2.26. The Hall–Kier alpha value is -0.390. The molecule has 0 N–H and O–H groups in total. The van der Waals surface area contributed by atoms with Crippen LogP contribution in [-0.4, -0.2) is 25.3 Å². The predicted octanol–water partition coefficient (Wildman–Crippen LogP) is 3.57. The van der Waals surface area contributed by atoms with Crippen LogP contribution in [0.2, 0.25) is 0 Å². The van der Waals surface area contributed by atoms with Gasteiger partial charge in [0.2, 0.25) is 10.0 Å². The van der Waals surface area contributed by atoms with E-state index < -0.39 is 10.0 Å². The van der Waals surface area contributed by atoms with Crippen LogP contribution in [0.5, 0.6) is 0 Å². The van der Waals surface area contributed by atoms with Gasteiger partial charge in [0, 0.05) is 17.1 Å². The average molecular weight is 334 g/mol. The van der Waals surface area contributed by atoms with Crippen LogP contribution >= 0.6 is 15.9 Å². The molecule has 0 radical (unpaired) electrons. The molecule has 0 aromatic heterocycles. The summed E-state index contributed by atoms with van der Waals surface area (Å²) in [6.07, 6.45) is 0.810. The average Bonchev–Trinajstić information content (AvgIpc) is 2.28. The molecule has 1 aromatic carbocycles. The quantitative estimate of drug-likeness (QED) is 0.826. The lowest BCUT2D eigenvalue weighted by atomic mass is 10.2. The summed E-state index contributed by atoms with van der Waals surface area (Å²) < 4.78 is 27.6. The van der Waals surface area contributed by atoms with Gasteiger partial charge >= 0.3 is 0 Å². The molecular weight excluding hydrogens is 314 g/mol. The lowest BCUT2D eigenvalue weighted by Crippen LogP contribution is -2.37. The maximum Gasteiger partial charge on any atom is 0.243 e. The fraction of sp³-hybridized carbons (Fsp3) is 0.538. The van der Waals surface area contributed by atoms with E-state index in [1.165, 1.54) is 0 Å². The predicted molar refractivity (Wildman–Crippen MR) is 78.2 cm³/mol. The molecule has 0 atom stereocenters. The summed E-state index contributed by atoms with van der Waals surface area (Å²) in [5.74, 6) is 0. The van der Waals surface area contributed by atoms with E-state index in [1.54, 1.807) is 10.4 Å². The van der Waals surface area contributed by atoms with E-state index in [9.17, 15) is 8.42 Å². The van der Waals surface area contributed by atoms with Crippen LogP contribution < -0.4 is 0 Å². The van der Waals surface area contributed by atoms with Gasteiger partial charge in [-0.25, -0.2) is 8.42 Å². The van der Waals surface area contributed by atoms with E-state index in [4.69, 9.17) is 0 Å². The minimum absolute atomic E-state index is 0.0340. The second-order valence-corrected chi connectivity index (χ2v) is 7.39. The van der Waals surface area contributed by atoms with Crippen molar-refractivity contribution in [1.82, 2.24) is 4.31 Å². The van der Waals surface area contributed by atoms with Crippen molar-refractivity contribution >= 4 is 26.0 Å². The van der Waals surface area contributed by atoms with E-state index in [2.05, 4.69) is 15.9 Å². The molecular formula is C13H20BrNO2S. The summed E-state index contributed by atoms with van der Waals surface area (Å²) >= 11 is 3.33. The van der Waals surface area contributed by atoms with Crippen LogP contribution in [0.25, 0.3) is 0 Å². The van der Waals surface area contributed by atoms with Gasteiger partial charge in [-0.2, -0.15) is 4.31 Å². The summed E-state index contributed by atoms with van der Waals surface area (Å²) in [6, 6.07) is 5.32. The first-order valence-corrected chi connectivity index (χ1v) is 8.32. The normalized spacial score (nSPS) is 12.4. The highest BCUT2D eigenvalue weighted by molar-refractivity contribution is 9.10. The topological polar surface area (TPSA) is 37.4 Å². The standard InChI is InChI=1S/C13H20BrNO2S/c1-5-8-15(10(2)3)18(16,17)13-9-12(14)7-6-11(13)4/h6-7,9-10H,5,8H2,1-4H3. The van der Waals surface area contributed by atoms with E-state index >= 15 is 0 Å². The molecule has 3 nitrogen and oxygen atoms in total. The van der Waals surface area contributed by atoms with Crippen molar-refractivity contribution in [3.05, 3.63) is 28.2 Å². The second kappa shape index (κ2) is 6.17. The largest absolute Gasteiger partial charge is 0.243 e. The number of aryl methyl sites for hydroxylation is 1. The van der Waals surface area contributed by atoms with Crippen LogP contribution in [0.4, 0.5) is 0 Å². The fourth-order valence-electron chi connectivity index (χ4n) is 1.85. The van der Waals surface area contributed by atoms with Gasteiger partial charge in [-0.3, -0.25) is 0 Å². The third kappa shape index (κ3) is 3.33. The van der Waals surface area contributed by atoms with Gasteiger partial charge in [0.1, 0.15) is 0 Å². The molecule has 0 aliphatic carbocycles. The molecule has 0 unspecified atom stereocenters. The zero-order chi connectivity index (χ0) is 13.9. The Morgan fingerprint density at radius 3 is 2.44 bits per heavy atom. The first-order valence-electron chi connectivity index (χ1n) is 6.08. The van der Waals surface area contributed by atoms with Crippen LogP contribution in [-0.2, 0) is 10.0 Å². The van der Waals surface area contributed by atoms with Gasteiger partial charge in [0.25, 0.3) is 0 Å². The molecule has 0 aliphatic rings. The van der Waals surface area contributed by atoms with Crippen molar-refractivity contribution in [2.24, 2.45) is 0 Å². The highest BCUT2D eigenvalue weighted by atomic mass is 79.9. The Morgan fingerprint density at radius 2 is 1.94 bits per heavy atom. The summed E-state index contributed by atoms with van der Waals surface area (Å²) in [5.41, 5.74) is 0.778. The van der Waals surface area contributed by atoms with Crippen LogP contribution in [0.3, 0.4) is 0 Å². The fourth-order valence-corrected chi connectivity index (χ4v) is 4.35. The maximum atomic E-state index is 12.6. The number of sulfonamides is 1. The summed E-state index contributed by atoms with van der Waals surface area (Å²) in [6.45, 7) is 8.16. The van der Waals surface area contributed by atoms with Crippen molar-refractivity contribution < 1.29 is 8.42 Å². The smallest absolute Gasteiger partial charge is 0.207 e. The Kier molecular flexibility index (Phi) is 5.37. The number of halogens is 1. The van der Waals surface area contributed by atoms with Crippen LogP contribution in [0, 0.1) is 6.92 Å². The lowest BCUT2D eigenvalue weighted by molar-refractivity contribution is 0.354. The van der Waals surface area contributed by atoms with Gasteiger partial charge in [0.05, 0.1) is 4.90 Å². The molecule has 0 saturated carbocycles. The van der Waals surface area contributed by atoms with Crippen molar-refractivity contribution in [3.8, 4) is 0 Å².